The van der Waals surface area contributed by atoms with Gasteiger partial charge in [0.05, 0.1) is 12.5 Å². The molecule has 0 unspecified atom stereocenters. The topological polar surface area (TPSA) is 146 Å². The second kappa shape index (κ2) is 12.3. The fraction of sp³-hybridized carbons (Fsp3) is 0.656. The van der Waals surface area contributed by atoms with Crippen LogP contribution in [0.4, 0.5) is 9.59 Å². The van der Waals surface area contributed by atoms with Crippen LogP contribution in [0.15, 0.2) is 30.3 Å². The highest BCUT2D eigenvalue weighted by atomic mass is 16.6. The zero-order valence-electron chi connectivity index (χ0n) is 27.1. The van der Waals surface area contributed by atoms with Gasteiger partial charge in [-0.25, -0.2) is 14.6 Å². The summed E-state index contributed by atoms with van der Waals surface area (Å²) in [5.41, 5.74) is 1.78. The normalized spacial score (nSPS) is 24.5. The first-order valence-electron chi connectivity index (χ1n) is 15.3. The third-order valence-electron chi connectivity index (χ3n) is 8.77. The van der Waals surface area contributed by atoms with Gasteiger partial charge in [-0.15, -0.1) is 0 Å². The van der Waals surface area contributed by atoms with Gasteiger partial charge in [0.25, 0.3) is 5.91 Å². The lowest BCUT2D eigenvalue weighted by Crippen LogP contribution is -2.61. The van der Waals surface area contributed by atoms with Crippen molar-refractivity contribution < 1.29 is 33.4 Å². The molecule has 242 valence electrons. The third-order valence-corrected chi connectivity index (χ3v) is 8.77. The van der Waals surface area contributed by atoms with Crippen molar-refractivity contribution in [1.29, 1.82) is 0 Å². The number of nitrogens with one attached hydrogen (secondary N) is 3. The Morgan fingerprint density at radius 1 is 1.09 bits per heavy atom. The fourth-order valence-corrected chi connectivity index (χ4v) is 6.23. The second-order valence-corrected chi connectivity index (χ2v) is 14.7. The molecule has 44 heavy (non-hydrogen) atoms. The number of carbonyl (C=O) groups is 5. The Morgan fingerprint density at radius 3 is 2.32 bits per heavy atom. The molecule has 3 fully saturated rings. The van der Waals surface area contributed by atoms with Crippen molar-refractivity contribution in [3.8, 4) is 0 Å². The van der Waals surface area contributed by atoms with Crippen LogP contribution >= 0.6 is 0 Å². The molecule has 2 saturated heterocycles. The van der Waals surface area contributed by atoms with E-state index in [1.165, 1.54) is 4.90 Å². The molecule has 1 aromatic rings. The van der Waals surface area contributed by atoms with E-state index >= 15 is 0 Å². The van der Waals surface area contributed by atoms with Gasteiger partial charge >= 0.3 is 12.2 Å². The minimum Gasteiger partial charge on any atom is -0.445 e. The highest BCUT2D eigenvalue weighted by molar-refractivity contribution is 5.94. The summed E-state index contributed by atoms with van der Waals surface area (Å²) < 4.78 is 10.9. The summed E-state index contributed by atoms with van der Waals surface area (Å²) in [6, 6.07) is 7.35. The van der Waals surface area contributed by atoms with Crippen LogP contribution in [0, 0.1) is 28.6 Å². The van der Waals surface area contributed by atoms with Gasteiger partial charge in [-0.1, -0.05) is 65.0 Å². The maximum absolute atomic E-state index is 14.1. The number of rotatable bonds is 7. The molecule has 0 aromatic heterocycles. The van der Waals surface area contributed by atoms with Crippen LogP contribution < -0.4 is 16.1 Å². The average molecular weight is 614 g/mol. The maximum atomic E-state index is 14.1. The molecule has 1 saturated carbocycles. The Kier molecular flexibility index (Phi) is 9.23. The van der Waals surface area contributed by atoms with Crippen LogP contribution in [-0.2, 0) is 30.5 Å². The van der Waals surface area contributed by atoms with E-state index in [0.29, 0.717) is 19.5 Å². The van der Waals surface area contributed by atoms with E-state index in [4.69, 9.17) is 9.47 Å². The summed E-state index contributed by atoms with van der Waals surface area (Å²) in [6.45, 7) is 15.5. The Morgan fingerprint density at radius 2 is 1.75 bits per heavy atom. The Labute approximate surface area is 259 Å². The third kappa shape index (κ3) is 7.44. The molecule has 3 aliphatic rings. The number of likely N-dealkylation sites (tertiary alicyclic amines) is 1. The van der Waals surface area contributed by atoms with E-state index in [1.54, 1.807) is 20.8 Å². The average Bonchev–Trinajstić information content (AvgIpc) is 3.26. The molecule has 4 rings (SSSR count). The minimum atomic E-state index is -0.981. The van der Waals surface area contributed by atoms with Crippen molar-refractivity contribution in [2.45, 2.75) is 86.1 Å². The summed E-state index contributed by atoms with van der Waals surface area (Å²) in [5.74, 6) is -1.73. The van der Waals surface area contributed by atoms with E-state index in [2.05, 4.69) is 29.9 Å². The maximum Gasteiger partial charge on any atom is 0.429 e. The molecule has 12 nitrogen and oxygen atoms in total. The van der Waals surface area contributed by atoms with Crippen molar-refractivity contribution in [2.75, 3.05) is 19.6 Å². The van der Waals surface area contributed by atoms with Crippen molar-refractivity contribution in [3.05, 3.63) is 35.9 Å². The number of ether oxygens (including phenoxy) is 2. The van der Waals surface area contributed by atoms with E-state index in [-0.39, 0.29) is 36.3 Å². The highest BCUT2D eigenvalue weighted by Gasteiger charge is 2.70. The zero-order chi connectivity index (χ0) is 32.6. The Bertz CT molecular complexity index is 1270. The summed E-state index contributed by atoms with van der Waals surface area (Å²) in [4.78, 5) is 68.0. The minimum absolute atomic E-state index is 0.0460. The molecule has 1 aliphatic carbocycles. The van der Waals surface area contributed by atoms with Gasteiger partial charge in [0.1, 0.15) is 24.3 Å². The van der Waals surface area contributed by atoms with Crippen LogP contribution in [0.2, 0.25) is 0 Å². The van der Waals surface area contributed by atoms with Gasteiger partial charge in [0.15, 0.2) is 0 Å². The highest BCUT2D eigenvalue weighted by Crippen LogP contribution is 2.65. The molecular formula is C32H47N5O7. The number of hydrogen-bond acceptors (Lipinski definition) is 7. The van der Waals surface area contributed by atoms with Crippen LogP contribution in [0.1, 0.15) is 67.4 Å². The lowest BCUT2D eigenvalue weighted by Gasteiger charge is -2.38. The fourth-order valence-electron chi connectivity index (χ4n) is 6.23. The predicted molar refractivity (Wildman–Crippen MR) is 161 cm³/mol. The van der Waals surface area contributed by atoms with Gasteiger partial charge in [-0.2, -0.15) is 0 Å². The standard InChI is InChI=1S/C32H47N5O7/c1-30(2,3)24(34-28(41)43-18-19-12-10-9-11-13-19)27(40)36-17-21-22(32(21,7)8)23(36)26(39)35-37(29(42)44-31(4,5)6)16-20-14-15-33-25(20)38/h9-13,20-24H,14-18H2,1-8H3,(H,33,38)(H,34,41)(H,35,39)/t20-,21-,22-,23-,24+/m0/s1. The second-order valence-electron chi connectivity index (χ2n) is 14.7. The largest absolute Gasteiger partial charge is 0.445 e. The molecule has 0 spiro atoms. The summed E-state index contributed by atoms with van der Waals surface area (Å²) in [6.07, 6.45) is -1.01. The van der Waals surface area contributed by atoms with Crippen molar-refractivity contribution in [1.82, 2.24) is 26.0 Å². The number of hydrazine groups is 1. The number of benzene rings is 1. The molecule has 0 radical (unpaired) electrons. The van der Waals surface area contributed by atoms with Gasteiger partial charge in [-0.05, 0) is 55.4 Å². The van der Waals surface area contributed by atoms with Gasteiger partial charge in [0, 0.05) is 13.1 Å². The van der Waals surface area contributed by atoms with Gasteiger partial charge in [-0.3, -0.25) is 19.8 Å². The van der Waals surface area contributed by atoms with Crippen LogP contribution in [0.25, 0.3) is 0 Å². The van der Waals surface area contributed by atoms with Gasteiger partial charge in [0.2, 0.25) is 11.8 Å². The number of piperidine rings is 1. The van der Waals surface area contributed by atoms with Crippen molar-refractivity contribution >= 4 is 29.9 Å². The number of amides is 5. The number of nitrogens with zero attached hydrogens (tertiary/aromatic N) is 2. The first-order valence-corrected chi connectivity index (χ1v) is 15.3. The van der Waals surface area contributed by atoms with Crippen LogP contribution in [0.5, 0.6) is 0 Å². The molecule has 2 aliphatic heterocycles. The van der Waals surface area contributed by atoms with Gasteiger partial charge < -0.3 is 25.0 Å². The number of alkyl carbamates (subject to hydrolysis) is 1. The molecular weight excluding hydrogens is 566 g/mol. The molecule has 3 N–H and O–H groups in total. The van der Waals surface area contributed by atoms with Crippen molar-refractivity contribution in [3.63, 3.8) is 0 Å². The van der Waals surface area contributed by atoms with E-state index in [0.717, 1.165) is 10.6 Å². The number of hydrogen-bond donors (Lipinski definition) is 3. The monoisotopic (exact) mass is 613 g/mol. The van der Waals surface area contributed by atoms with E-state index < -0.39 is 53.0 Å². The molecule has 5 atom stereocenters. The van der Waals surface area contributed by atoms with Crippen molar-refractivity contribution in [2.24, 2.45) is 28.6 Å². The molecule has 1 aromatic carbocycles. The van der Waals surface area contributed by atoms with Crippen LogP contribution in [0.3, 0.4) is 0 Å². The molecule has 12 heteroatoms. The molecule has 5 amide bonds. The van der Waals surface area contributed by atoms with E-state index in [9.17, 15) is 24.0 Å². The first kappa shape index (κ1) is 33.1. The lowest BCUT2D eigenvalue weighted by atomic mass is 9.85. The van der Waals surface area contributed by atoms with E-state index in [1.807, 2.05) is 51.1 Å². The Hall–Kier alpha value is -3.83. The first-order chi connectivity index (χ1) is 20.4. The quantitative estimate of drug-likeness (QED) is 0.400. The summed E-state index contributed by atoms with van der Waals surface area (Å²) in [5, 5.41) is 6.54. The molecule has 0 bridgehead atoms. The lowest BCUT2D eigenvalue weighted by molar-refractivity contribution is -0.145. The number of carbonyl (C=O) groups excluding carboxylic acids is 5. The zero-order valence-corrected chi connectivity index (χ0v) is 27.1. The number of fused-ring (bicyclic) bond motifs is 1. The van der Waals surface area contributed by atoms with Crippen LogP contribution in [-0.4, -0.2) is 77.1 Å². The molecule has 2 heterocycles. The smallest absolute Gasteiger partial charge is 0.429 e. The Balaban J connectivity index is 1.53. The summed E-state index contributed by atoms with van der Waals surface area (Å²) >= 11 is 0. The SMILES string of the molecule is CC(C)(C)OC(=O)N(C[C@@H]1CCNC1=O)NC(=O)[C@@H]1[C@@H]2[C@H](CN1C(=O)[C@@H](NC(=O)OCc1ccccc1)C(C)(C)C)C2(C)C. The predicted octanol–water partition coefficient (Wildman–Crippen LogP) is 3.21. The summed E-state index contributed by atoms with van der Waals surface area (Å²) in [7, 11) is 0.